The lowest BCUT2D eigenvalue weighted by molar-refractivity contribution is 0.611. The Labute approximate surface area is 69.6 Å². The van der Waals surface area contributed by atoms with Crippen molar-refractivity contribution in [3.8, 4) is 6.07 Å². The fourth-order valence-electron chi connectivity index (χ4n) is 1.44. The molecule has 0 amide bonds. The molecule has 2 nitrogen and oxygen atoms in total. The van der Waals surface area contributed by atoms with Crippen LogP contribution in [-0.2, 0) is 6.42 Å². The summed E-state index contributed by atoms with van der Waals surface area (Å²) in [6.45, 7) is 0.765. The SMILES string of the molecule is N#Cc1ccc2c(c1F)CCN2. The number of halogens is 1. The van der Waals surface area contributed by atoms with Gasteiger partial charge in [-0.3, -0.25) is 0 Å². The van der Waals surface area contributed by atoms with Gasteiger partial charge in [0.05, 0.1) is 5.56 Å². The van der Waals surface area contributed by atoms with E-state index in [-0.39, 0.29) is 11.4 Å². The van der Waals surface area contributed by atoms with Crippen molar-refractivity contribution in [2.24, 2.45) is 0 Å². The molecule has 0 radical (unpaired) electrons. The normalized spacial score (nSPS) is 13.3. The Morgan fingerprint density at radius 3 is 3.08 bits per heavy atom. The summed E-state index contributed by atoms with van der Waals surface area (Å²) in [5.74, 6) is -0.361. The molecule has 0 saturated heterocycles. The van der Waals surface area contributed by atoms with Gasteiger partial charge >= 0.3 is 0 Å². The zero-order chi connectivity index (χ0) is 8.55. The summed E-state index contributed by atoms with van der Waals surface area (Å²) in [5, 5.41) is 11.6. The first-order valence-electron chi connectivity index (χ1n) is 3.78. The minimum absolute atomic E-state index is 0.137. The molecule has 0 aliphatic carbocycles. The second kappa shape index (κ2) is 2.49. The van der Waals surface area contributed by atoms with E-state index in [0.29, 0.717) is 12.0 Å². The molecule has 60 valence electrons. The summed E-state index contributed by atoms with van der Waals surface area (Å²) in [4.78, 5) is 0. The Morgan fingerprint density at radius 2 is 2.33 bits per heavy atom. The van der Waals surface area contributed by atoms with Gasteiger partial charge in [-0.25, -0.2) is 4.39 Å². The number of fused-ring (bicyclic) bond motifs is 1. The van der Waals surface area contributed by atoms with Gasteiger partial charge in [-0.1, -0.05) is 0 Å². The zero-order valence-corrected chi connectivity index (χ0v) is 6.39. The highest BCUT2D eigenvalue weighted by molar-refractivity contribution is 5.58. The smallest absolute Gasteiger partial charge is 0.146 e. The van der Waals surface area contributed by atoms with Crippen molar-refractivity contribution in [1.29, 1.82) is 5.26 Å². The van der Waals surface area contributed by atoms with Crippen molar-refractivity contribution in [1.82, 2.24) is 0 Å². The third-order valence-electron chi connectivity index (χ3n) is 2.05. The van der Waals surface area contributed by atoms with Crippen LogP contribution in [0.1, 0.15) is 11.1 Å². The summed E-state index contributed by atoms with van der Waals surface area (Å²) < 4.78 is 13.3. The van der Waals surface area contributed by atoms with Crippen molar-refractivity contribution in [2.45, 2.75) is 6.42 Å². The zero-order valence-electron chi connectivity index (χ0n) is 6.39. The van der Waals surface area contributed by atoms with E-state index in [0.717, 1.165) is 12.2 Å². The molecule has 0 unspecified atom stereocenters. The van der Waals surface area contributed by atoms with E-state index >= 15 is 0 Å². The summed E-state index contributed by atoms with van der Waals surface area (Å²) in [6, 6.07) is 5.08. The lowest BCUT2D eigenvalue weighted by Gasteiger charge is -2.00. The molecular weight excluding hydrogens is 155 g/mol. The van der Waals surface area contributed by atoms with Gasteiger partial charge in [0.1, 0.15) is 11.9 Å². The Balaban J connectivity index is 2.63. The molecule has 1 heterocycles. The highest BCUT2D eigenvalue weighted by Gasteiger charge is 2.16. The first-order valence-corrected chi connectivity index (χ1v) is 3.78. The van der Waals surface area contributed by atoms with Crippen LogP contribution in [0.2, 0.25) is 0 Å². The van der Waals surface area contributed by atoms with Crippen LogP contribution >= 0.6 is 0 Å². The summed E-state index contributed by atoms with van der Waals surface area (Å²) in [5.41, 5.74) is 1.61. The van der Waals surface area contributed by atoms with Gasteiger partial charge in [0.15, 0.2) is 0 Å². The average molecular weight is 162 g/mol. The number of nitriles is 1. The number of nitrogens with one attached hydrogen (secondary N) is 1. The van der Waals surface area contributed by atoms with E-state index in [4.69, 9.17) is 5.26 Å². The Hall–Kier alpha value is -1.56. The number of hydrogen-bond donors (Lipinski definition) is 1. The number of anilines is 1. The fourth-order valence-corrected chi connectivity index (χ4v) is 1.44. The molecule has 3 heteroatoms. The third kappa shape index (κ3) is 0.850. The lowest BCUT2D eigenvalue weighted by Crippen LogP contribution is -1.90. The molecule has 12 heavy (non-hydrogen) atoms. The van der Waals surface area contributed by atoms with Crippen LogP contribution < -0.4 is 5.32 Å². The molecule has 1 aliphatic heterocycles. The number of benzene rings is 1. The Bertz CT molecular complexity index is 366. The molecule has 0 fully saturated rings. The minimum atomic E-state index is -0.361. The number of nitrogens with zero attached hydrogens (tertiary/aromatic N) is 1. The van der Waals surface area contributed by atoms with Crippen LogP contribution in [0.3, 0.4) is 0 Å². The van der Waals surface area contributed by atoms with Crippen molar-refractivity contribution >= 4 is 5.69 Å². The van der Waals surface area contributed by atoms with Crippen molar-refractivity contribution in [3.63, 3.8) is 0 Å². The molecule has 0 aromatic heterocycles. The molecule has 0 atom stereocenters. The summed E-state index contributed by atoms with van der Waals surface area (Å²) in [6.07, 6.45) is 0.677. The van der Waals surface area contributed by atoms with Gasteiger partial charge in [0.25, 0.3) is 0 Å². The van der Waals surface area contributed by atoms with Gasteiger partial charge < -0.3 is 5.32 Å². The third-order valence-corrected chi connectivity index (χ3v) is 2.05. The molecule has 0 bridgehead atoms. The van der Waals surface area contributed by atoms with E-state index in [9.17, 15) is 4.39 Å². The molecule has 1 N–H and O–H groups in total. The van der Waals surface area contributed by atoms with Gasteiger partial charge in [-0.2, -0.15) is 5.26 Å². The first-order chi connectivity index (χ1) is 5.83. The molecule has 2 rings (SSSR count). The van der Waals surface area contributed by atoms with Crippen LogP contribution in [-0.4, -0.2) is 6.54 Å². The second-order valence-corrected chi connectivity index (χ2v) is 2.74. The maximum Gasteiger partial charge on any atom is 0.146 e. The fraction of sp³-hybridized carbons (Fsp3) is 0.222. The predicted octanol–water partition coefficient (Wildman–Crippen LogP) is 1.67. The number of hydrogen-bond acceptors (Lipinski definition) is 2. The van der Waals surface area contributed by atoms with Crippen molar-refractivity contribution < 1.29 is 4.39 Å². The maximum absolute atomic E-state index is 13.3. The van der Waals surface area contributed by atoms with E-state index in [2.05, 4.69) is 5.32 Å². The molecule has 1 aromatic carbocycles. The highest BCUT2D eigenvalue weighted by Crippen LogP contribution is 2.26. The Morgan fingerprint density at radius 1 is 1.50 bits per heavy atom. The van der Waals surface area contributed by atoms with Gasteiger partial charge in [-0.05, 0) is 18.6 Å². The minimum Gasteiger partial charge on any atom is -0.384 e. The van der Waals surface area contributed by atoms with E-state index in [1.54, 1.807) is 6.07 Å². The first kappa shape index (κ1) is 7.11. The molecular formula is C9H7FN2. The monoisotopic (exact) mass is 162 g/mol. The summed E-state index contributed by atoms with van der Waals surface area (Å²) >= 11 is 0. The van der Waals surface area contributed by atoms with E-state index in [1.807, 2.05) is 6.07 Å². The predicted molar refractivity (Wildman–Crippen MR) is 43.3 cm³/mol. The lowest BCUT2D eigenvalue weighted by atomic mass is 10.1. The molecule has 1 aromatic rings. The molecule has 1 aliphatic rings. The quantitative estimate of drug-likeness (QED) is 0.629. The molecule has 0 spiro atoms. The van der Waals surface area contributed by atoms with Gasteiger partial charge in [-0.15, -0.1) is 0 Å². The van der Waals surface area contributed by atoms with Gasteiger partial charge in [0.2, 0.25) is 0 Å². The summed E-state index contributed by atoms with van der Waals surface area (Å²) in [7, 11) is 0. The highest BCUT2D eigenvalue weighted by atomic mass is 19.1. The average Bonchev–Trinajstić information content (AvgIpc) is 2.53. The standard InChI is InChI=1S/C9H7FN2/c10-9-6(5-11)1-2-8-7(9)3-4-12-8/h1-2,12H,3-4H2. The van der Waals surface area contributed by atoms with Crippen LogP contribution in [0.15, 0.2) is 12.1 Å². The van der Waals surface area contributed by atoms with Gasteiger partial charge in [0, 0.05) is 17.8 Å². The van der Waals surface area contributed by atoms with Crippen LogP contribution in [0.25, 0.3) is 0 Å². The van der Waals surface area contributed by atoms with E-state index < -0.39 is 0 Å². The van der Waals surface area contributed by atoms with Crippen LogP contribution in [0, 0.1) is 17.1 Å². The molecule has 0 saturated carbocycles. The Kier molecular flexibility index (Phi) is 1.47. The van der Waals surface area contributed by atoms with Crippen molar-refractivity contribution in [2.75, 3.05) is 11.9 Å². The second-order valence-electron chi connectivity index (χ2n) is 2.74. The number of rotatable bonds is 0. The van der Waals surface area contributed by atoms with Crippen LogP contribution in [0.4, 0.5) is 10.1 Å². The van der Waals surface area contributed by atoms with Crippen molar-refractivity contribution in [3.05, 3.63) is 29.1 Å². The largest absolute Gasteiger partial charge is 0.384 e. The topological polar surface area (TPSA) is 35.8 Å². The van der Waals surface area contributed by atoms with E-state index in [1.165, 1.54) is 6.07 Å². The van der Waals surface area contributed by atoms with Crippen LogP contribution in [0.5, 0.6) is 0 Å². The maximum atomic E-state index is 13.3.